The van der Waals surface area contributed by atoms with Crippen molar-refractivity contribution in [3.8, 4) is 51.0 Å². The quantitative estimate of drug-likeness (QED) is 0.174. The summed E-state index contributed by atoms with van der Waals surface area (Å²) in [6.45, 7) is 0. The van der Waals surface area contributed by atoms with Gasteiger partial charge in [0.15, 0.2) is 11.6 Å². The molecule has 9 aromatic carbocycles. The van der Waals surface area contributed by atoms with Crippen LogP contribution in [0.2, 0.25) is 0 Å². The van der Waals surface area contributed by atoms with Crippen LogP contribution in [0.3, 0.4) is 0 Å². The Labute approximate surface area is 348 Å². The second-order valence-corrected chi connectivity index (χ2v) is 15.5. The van der Waals surface area contributed by atoms with Crippen LogP contribution in [0, 0.1) is 0 Å². The van der Waals surface area contributed by atoms with Crippen molar-refractivity contribution in [1.82, 2.24) is 19.5 Å². The van der Waals surface area contributed by atoms with Crippen molar-refractivity contribution in [2.45, 2.75) is 0 Å². The molecule has 0 fully saturated rings. The third-order valence-electron chi connectivity index (χ3n) is 12.1. The van der Waals surface area contributed by atoms with Gasteiger partial charge in [0.05, 0.1) is 11.0 Å². The molecule has 284 valence electrons. The summed E-state index contributed by atoms with van der Waals surface area (Å²) in [5.41, 5.74) is 11.5. The second kappa shape index (κ2) is 13.1. The van der Waals surface area contributed by atoms with E-state index in [0.29, 0.717) is 17.6 Å². The molecule has 0 aliphatic heterocycles. The minimum Gasteiger partial charge on any atom is -0.456 e. The molecule has 0 amide bonds. The minimum atomic E-state index is 0.530. The number of hydrogen-bond donors (Lipinski definition) is 0. The summed E-state index contributed by atoms with van der Waals surface area (Å²) in [7, 11) is 0. The Kier molecular flexibility index (Phi) is 7.21. The van der Waals surface area contributed by atoms with E-state index < -0.39 is 0 Å². The zero-order valence-electron chi connectivity index (χ0n) is 32.6. The van der Waals surface area contributed by atoms with E-state index in [9.17, 15) is 0 Å². The Morgan fingerprint density at radius 1 is 0.344 bits per heavy atom. The third-order valence-corrected chi connectivity index (χ3v) is 12.1. The zero-order valence-corrected chi connectivity index (χ0v) is 32.6. The molecule has 0 saturated carbocycles. The number of rotatable bonds is 5. The van der Waals surface area contributed by atoms with Crippen LogP contribution < -0.4 is 0 Å². The monoisotopic (exact) mass is 780 g/mol. The topological polar surface area (TPSA) is 69.9 Å². The molecule has 13 aromatic rings. The van der Waals surface area contributed by atoms with Gasteiger partial charge in [0.1, 0.15) is 22.3 Å². The fourth-order valence-electron chi connectivity index (χ4n) is 9.32. The highest BCUT2D eigenvalue weighted by Gasteiger charge is 2.23. The maximum absolute atomic E-state index is 6.35. The molecular formula is C55H32N4O2. The molecule has 61 heavy (non-hydrogen) atoms. The lowest BCUT2D eigenvalue weighted by Gasteiger charge is -2.14. The van der Waals surface area contributed by atoms with Gasteiger partial charge in [-0.2, -0.15) is 9.97 Å². The predicted molar refractivity (Wildman–Crippen MR) is 248 cm³/mol. The molecule has 4 aromatic heterocycles. The van der Waals surface area contributed by atoms with Crippen LogP contribution in [-0.4, -0.2) is 19.5 Å². The van der Waals surface area contributed by atoms with Crippen molar-refractivity contribution in [3.05, 3.63) is 194 Å². The largest absolute Gasteiger partial charge is 0.456 e. The Morgan fingerprint density at radius 2 is 0.951 bits per heavy atom. The molecular weight excluding hydrogens is 749 g/mol. The van der Waals surface area contributed by atoms with Crippen LogP contribution in [0.5, 0.6) is 0 Å². The number of nitrogens with zero attached hydrogens (tertiary/aromatic N) is 4. The van der Waals surface area contributed by atoms with E-state index in [1.54, 1.807) is 0 Å². The normalized spacial score (nSPS) is 11.9. The number of para-hydroxylation sites is 3. The molecule has 0 aliphatic rings. The van der Waals surface area contributed by atoms with Gasteiger partial charge in [-0.05, 0) is 69.9 Å². The van der Waals surface area contributed by atoms with E-state index in [-0.39, 0.29) is 0 Å². The summed E-state index contributed by atoms with van der Waals surface area (Å²) in [6, 6.07) is 67.5. The SMILES string of the molecule is c1ccc(-c2nc(-c3ccc4c(c3)oc3ccccc34)nc(-n3c4ccc5ccccc5c4c4cccc(-c5cccc(-c6cccc7oc8ccccc8c67)c5)c43)n2)cc1. The van der Waals surface area contributed by atoms with Gasteiger partial charge in [0.2, 0.25) is 5.95 Å². The van der Waals surface area contributed by atoms with Gasteiger partial charge < -0.3 is 8.83 Å². The van der Waals surface area contributed by atoms with E-state index in [0.717, 1.165) is 99.1 Å². The van der Waals surface area contributed by atoms with E-state index in [2.05, 4.69) is 126 Å². The highest BCUT2D eigenvalue weighted by atomic mass is 16.3. The summed E-state index contributed by atoms with van der Waals surface area (Å²) in [6.07, 6.45) is 0. The van der Waals surface area contributed by atoms with E-state index >= 15 is 0 Å². The highest BCUT2D eigenvalue weighted by molar-refractivity contribution is 6.23. The van der Waals surface area contributed by atoms with Crippen LogP contribution in [-0.2, 0) is 0 Å². The summed E-state index contributed by atoms with van der Waals surface area (Å²) in [5.74, 6) is 1.67. The number of hydrogen-bond acceptors (Lipinski definition) is 5. The van der Waals surface area contributed by atoms with Gasteiger partial charge >= 0.3 is 0 Å². The van der Waals surface area contributed by atoms with Gasteiger partial charge in [0, 0.05) is 49.0 Å². The lowest BCUT2D eigenvalue weighted by molar-refractivity contribution is 0.668. The number of aromatic nitrogens is 4. The molecule has 6 heteroatoms. The molecule has 0 bridgehead atoms. The van der Waals surface area contributed by atoms with Crippen molar-refractivity contribution in [2.24, 2.45) is 0 Å². The van der Waals surface area contributed by atoms with E-state index in [1.807, 2.05) is 72.8 Å². The molecule has 4 heterocycles. The Balaban J connectivity index is 1.09. The first-order valence-corrected chi connectivity index (χ1v) is 20.4. The van der Waals surface area contributed by atoms with Gasteiger partial charge in [-0.15, -0.1) is 0 Å². The van der Waals surface area contributed by atoms with Gasteiger partial charge in [-0.1, -0.05) is 152 Å². The summed E-state index contributed by atoms with van der Waals surface area (Å²) >= 11 is 0. The van der Waals surface area contributed by atoms with Crippen molar-refractivity contribution in [2.75, 3.05) is 0 Å². The summed E-state index contributed by atoms with van der Waals surface area (Å²) in [4.78, 5) is 15.8. The first-order valence-electron chi connectivity index (χ1n) is 20.4. The lowest BCUT2D eigenvalue weighted by atomic mass is 9.95. The summed E-state index contributed by atoms with van der Waals surface area (Å²) < 4.78 is 14.9. The number of benzene rings is 9. The van der Waals surface area contributed by atoms with Crippen LogP contribution in [0.1, 0.15) is 0 Å². The average molecular weight is 781 g/mol. The third kappa shape index (κ3) is 5.19. The molecule has 0 radical (unpaired) electrons. The van der Waals surface area contributed by atoms with E-state index in [4.69, 9.17) is 23.8 Å². The fourth-order valence-corrected chi connectivity index (χ4v) is 9.32. The lowest BCUT2D eigenvalue weighted by Crippen LogP contribution is -2.07. The van der Waals surface area contributed by atoms with Crippen LogP contribution in [0.25, 0.3) is 127 Å². The molecule has 0 atom stereocenters. The first-order chi connectivity index (χ1) is 30.2. The van der Waals surface area contributed by atoms with Crippen molar-refractivity contribution < 1.29 is 8.83 Å². The Bertz CT molecular complexity index is 3900. The Hall–Kier alpha value is -8.35. The van der Waals surface area contributed by atoms with Crippen molar-refractivity contribution in [1.29, 1.82) is 0 Å². The molecule has 0 aliphatic carbocycles. The number of furan rings is 2. The van der Waals surface area contributed by atoms with E-state index in [1.165, 1.54) is 10.8 Å². The van der Waals surface area contributed by atoms with Crippen molar-refractivity contribution >= 4 is 76.5 Å². The van der Waals surface area contributed by atoms with Gasteiger partial charge in [-0.3, -0.25) is 4.57 Å². The predicted octanol–water partition coefficient (Wildman–Crippen LogP) is 14.6. The maximum Gasteiger partial charge on any atom is 0.238 e. The van der Waals surface area contributed by atoms with Gasteiger partial charge in [0.25, 0.3) is 0 Å². The summed E-state index contributed by atoms with van der Waals surface area (Å²) in [5, 5.41) is 8.94. The molecule has 0 N–H and O–H groups in total. The van der Waals surface area contributed by atoms with Gasteiger partial charge in [-0.25, -0.2) is 4.98 Å². The molecule has 6 nitrogen and oxygen atoms in total. The first kappa shape index (κ1) is 33.6. The van der Waals surface area contributed by atoms with Crippen LogP contribution in [0.15, 0.2) is 203 Å². The van der Waals surface area contributed by atoms with Crippen LogP contribution in [0.4, 0.5) is 0 Å². The smallest absolute Gasteiger partial charge is 0.238 e. The zero-order chi connectivity index (χ0) is 40.0. The Morgan fingerprint density at radius 3 is 1.82 bits per heavy atom. The minimum absolute atomic E-state index is 0.530. The average Bonchev–Trinajstić information content (AvgIpc) is 4.01. The highest BCUT2D eigenvalue weighted by Crippen LogP contribution is 2.43. The maximum atomic E-state index is 6.35. The second-order valence-electron chi connectivity index (χ2n) is 15.5. The number of fused-ring (bicyclic) bond motifs is 11. The molecule has 0 unspecified atom stereocenters. The standard InChI is InChI=1S/C55H32N4O2/c1-2-14-34(15-3-1)53-56-54(37-27-29-42-41-19-6-8-24-46(41)61-49(42)32-37)58-55(57-53)59-45-30-28-33-13-4-5-18-38(33)50(45)44-23-11-22-40(52(44)59)36-17-10-16-35(31-36)39-21-12-26-48-51(39)43-20-7-9-25-47(43)60-48/h1-32H. The van der Waals surface area contributed by atoms with Crippen molar-refractivity contribution in [3.63, 3.8) is 0 Å². The fraction of sp³-hybridized carbons (Fsp3) is 0. The van der Waals surface area contributed by atoms with Crippen LogP contribution >= 0.6 is 0 Å². The molecule has 13 rings (SSSR count). The molecule has 0 saturated heterocycles. The molecule has 0 spiro atoms.